The molecule has 1 saturated carbocycles. The molecule has 1 aromatic rings. The van der Waals surface area contributed by atoms with Gasteiger partial charge >= 0.3 is 5.97 Å². The molecular formula is C15H18N2O3. The molecule has 1 aliphatic heterocycles. The fraction of sp³-hybridized carbons (Fsp3) is 0.467. The Labute approximate surface area is 117 Å². The zero-order valence-corrected chi connectivity index (χ0v) is 11.2. The number of benzene rings is 1. The van der Waals surface area contributed by atoms with Crippen molar-refractivity contribution in [3.05, 3.63) is 29.8 Å². The van der Waals surface area contributed by atoms with Gasteiger partial charge in [-0.05, 0) is 30.9 Å². The standard InChI is InChI=1S/C15H18N2O3/c18-13(19)8-15(6-3-7-15)17-14(20)11-9-16-12-5-2-1-4-10(11)12/h1-2,4-5,11,16H,3,6-9H2,(H,17,20)(H,18,19). The van der Waals surface area contributed by atoms with Crippen LogP contribution in [0.4, 0.5) is 5.69 Å². The van der Waals surface area contributed by atoms with Gasteiger partial charge in [-0.25, -0.2) is 0 Å². The lowest BCUT2D eigenvalue weighted by atomic mass is 9.74. The fourth-order valence-corrected chi connectivity index (χ4v) is 3.11. The summed E-state index contributed by atoms with van der Waals surface area (Å²) in [6, 6.07) is 7.76. The summed E-state index contributed by atoms with van der Waals surface area (Å²) in [4.78, 5) is 23.4. The molecule has 1 amide bonds. The van der Waals surface area contributed by atoms with Gasteiger partial charge in [0.05, 0.1) is 17.9 Å². The van der Waals surface area contributed by atoms with Crippen LogP contribution in [0.5, 0.6) is 0 Å². The number of anilines is 1. The van der Waals surface area contributed by atoms with Crippen molar-refractivity contribution in [3.63, 3.8) is 0 Å². The summed E-state index contributed by atoms with van der Waals surface area (Å²) < 4.78 is 0. The Morgan fingerprint density at radius 3 is 2.75 bits per heavy atom. The van der Waals surface area contributed by atoms with Crippen LogP contribution in [0.2, 0.25) is 0 Å². The zero-order valence-electron chi connectivity index (χ0n) is 11.2. The van der Waals surface area contributed by atoms with Gasteiger partial charge in [0, 0.05) is 12.2 Å². The predicted octanol–water partition coefficient (Wildman–Crippen LogP) is 1.71. The molecule has 106 valence electrons. The van der Waals surface area contributed by atoms with E-state index in [1.165, 1.54) is 0 Å². The maximum atomic E-state index is 12.5. The number of amides is 1. The first-order valence-electron chi connectivity index (χ1n) is 6.96. The monoisotopic (exact) mass is 274 g/mol. The summed E-state index contributed by atoms with van der Waals surface area (Å²) in [5.41, 5.74) is 1.46. The lowest BCUT2D eigenvalue weighted by Crippen LogP contribution is -2.55. The molecule has 1 fully saturated rings. The molecule has 0 bridgehead atoms. The number of rotatable bonds is 4. The maximum Gasteiger partial charge on any atom is 0.305 e. The lowest BCUT2D eigenvalue weighted by Gasteiger charge is -2.42. The smallest absolute Gasteiger partial charge is 0.305 e. The van der Waals surface area contributed by atoms with E-state index in [4.69, 9.17) is 5.11 Å². The molecule has 1 aliphatic carbocycles. The number of para-hydroxylation sites is 1. The van der Waals surface area contributed by atoms with Gasteiger partial charge in [0.25, 0.3) is 0 Å². The Hall–Kier alpha value is -2.04. The van der Waals surface area contributed by atoms with Crippen molar-refractivity contribution in [1.29, 1.82) is 0 Å². The van der Waals surface area contributed by atoms with Crippen LogP contribution in [0.15, 0.2) is 24.3 Å². The highest BCUT2D eigenvalue weighted by atomic mass is 16.4. The third kappa shape index (κ3) is 2.24. The molecule has 3 rings (SSSR count). The summed E-state index contributed by atoms with van der Waals surface area (Å²) in [6.07, 6.45) is 2.51. The highest BCUT2D eigenvalue weighted by molar-refractivity contribution is 5.89. The number of hydrogen-bond donors (Lipinski definition) is 3. The largest absolute Gasteiger partial charge is 0.481 e. The van der Waals surface area contributed by atoms with Crippen molar-refractivity contribution >= 4 is 17.6 Å². The number of aliphatic carboxylic acids is 1. The Morgan fingerprint density at radius 1 is 1.35 bits per heavy atom. The van der Waals surface area contributed by atoms with E-state index in [1.807, 2.05) is 24.3 Å². The molecular weight excluding hydrogens is 256 g/mol. The molecule has 3 N–H and O–H groups in total. The second-order valence-electron chi connectivity index (χ2n) is 5.71. The van der Waals surface area contributed by atoms with Crippen LogP contribution < -0.4 is 10.6 Å². The molecule has 5 nitrogen and oxygen atoms in total. The van der Waals surface area contributed by atoms with E-state index >= 15 is 0 Å². The normalized spacial score (nSPS) is 22.3. The van der Waals surface area contributed by atoms with Gasteiger partial charge in [-0.2, -0.15) is 0 Å². The molecule has 1 aromatic carbocycles. The van der Waals surface area contributed by atoms with Crippen molar-refractivity contribution < 1.29 is 14.7 Å². The average molecular weight is 274 g/mol. The van der Waals surface area contributed by atoms with Gasteiger partial charge in [0.2, 0.25) is 5.91 Å². The average Bonchev–Trinajstić information content (AvgIpc) is 2.79. The number of carbonyl (C=O) groups is 2. The van der Waals surface area contributed by atoms with Gasteiger partial charge in [-0.3, -0.25) is 9.59 Å². The molecule has 1 atom stereocenters. The van der Waals surface area contributed by atoms with Crippen molar-refractivity contribution in [3.8, 4) is 0 Å². The first-order chi connectivity index (χ1) is 9.60. The highest BCUT2D eigenvalue weighted by Crippen LogP contribution is 2.37. The van der Waals surface area contributed by atoms with E-state index in [9.17, 15) is 9.59 Å². The summed E-state index contributed by atoms with van der Waals surface area (Å²) >= 11 is 0. The second kappa shape index (κ2) is 4.81. The minimum atomic E-state index is -0.852. The Kier molecular flexibility index (Phi) is 3.12. The van der Waals surface area contributed by atoms with Crippen LogP contribution in [-0.4, -0.2) is 29.1 Å². The summed E-state index contributed by atoms with van der Waals surface area (Å²) in [6.45, 7) is 0.578. The maximum absolute atomic E-state index is 12.5. The number of carboxylic acid groups (broad SMARTS) is 1. The molecule has 0 saturated heterocycles. The second-order valence-corrected chi connectivity index (χ2v) is 5.71. The fourth-order valence-electron chi connectivity index (χ4n) is 3.11. The van der Waals surface area contributed by atoms with E-state index in [-0.39, 0.29) is 18.2 Å². The van der Waals surface area contributed by atoms with Crippen LogP contribution in [0, 0.1) is 0 Å². The minimum Gasteiger partial charge on any atom is -0.481 e. The number of fused-ring (bicyclic) bond motifs is 1. The first-order valence-corrected chi connectivity index (χ1v) is 6.96. The molecule has 2 aliphatic rings. The van der Waals surface area contributed by atoms with Crippen LogP contribution in [-0.2, 0) is 9.59 Å². The van der Waals surface area contributed by atoms with Crippen molar-refractivity contribution in [2.45, 2.75) is 37.1 Å². The van der Waals surface area contributed by atoms with Crippen LogP contribution in [0.1, 0.15) is 37.2 Å². The van der Waals surface area contributed by atoms with Crippen molar-refractivity contribution in [2.24, 2.45) is 0 Å². The minimum absolute atomic E-state index is 0.0144. The van der Waals surface area contributed by atoms with E-state index in [1.54, 1.807) is 0 Å². The third-order valence-electron chi connectivity index (χ3n) is 4.34. The first kappa shape index (κ1) is 13.0. The Morgan fingerprint density at radius 2 is 2.10 bits per heavy atom. The number of hydrogen-bond acceptors (Lipinski definition) is 3. The molecule has 0 aromatic heterocycles. The van der Waals surface area contributed by atoms with E-state index in [0.717, 1.165) is 30.5 Å². The Bertz CT molecular complexity index is 552. The summed E-state index contributed by atoms with van der Waals surface area (Å²) in [5, 5.41) is 15.2. The quantitative estimate of drug-likeness (QED) is 0.781. The van der Waals surface area contributed by atoms with Crippen LogP contribution >= 0.6 is 0 Å². The molecule has 20 heavy (non-hydrogen) atoms. The van der Waals surface area contributed by atoms with Crippen LogP contribution in [0.3, 0.4) is 0 Å². The molecule has 1 unspecified atom stereocenters. The van der Waals surface area contributed by atoms with Gasteiger partial charge in [-0.1, -0.05) is 18.2 Å². The van der Waals surface area contributed by atoms with Gasteiger partial charge in [0.1, 0.15) is 0 Å². The Balaban J connectivity index is 1.73. The molecule has 1 heterocycles. The van der Waals surface area contributed by atoms with Gasteiger partial charge < -0.3 is 15.7 Å². The molecule has 0 radical (unpaired) electrons. The number of nitrogens with one attached hydrogen (secondary N) is 2. The van der Waals surface area contributed by atoms with E-state index in [2.05, 4.69) is 10.6 Å². The van der Waals surface area contributed by atoms with Crippen molar-refractivity contribution in [1.82, 2.24) is 5.32 Å². The lowest BCUT2D eigenvalue weighted by molar-refractivity contribution is -0.140. The van der Waals surface area contributed by atoms with Crippen molar-refractivity contribution in [2.75, 3.05) is 11.9 Å². The molecule has 0 spiro atoms. The topological polar surface area (TPSA) is 78.4 Å². The zero-order chi connectivity index (χ0) is 14.2. The van der Waals surface area contributed by atoms with E-state index < -0.39 is 11.5 Å². The highest BCUT2D eigenvalue weighted by Gasteiger charge is 2.42. The predicted molar refractivity (Wildman–Crippen MR) is 74.7 cm³/mol. The summed E-state index contributed by atoms with van der Waals surface area (Å²) in [7, 11) is 0. The summed E-state index contributed by atoms with van der Waals surface area (Å²) in [5.74, 6) is -1.14. The molecule has 5 heteroatoms. The number of carbonyl (C=O) groups excluding carboxylic acids is 1. The SMILES string of the molecule is O=C(O)CC1(NC(=O)C2CNc3ccccc32)CCC1. The van der Waals surface area contributed by atoms with Gasteiger partial charge in [0.15, 0.2) is 0 Å². The van der Waals surface area contributed by atoms with Crippen LogP contribution in [0.25, 0.3) is 0 Å². The third-order valence-corrected chi connectivity index (χ3v) is 4.34. The van der Waals surface area contributed by atoms with Gasteiger partial charge in [-0.15, -0.1) is 0 Å². The van der Waals surface area contributed by atoms with E-state index in [0.29, 0.717) is 6.54 Å². The number of carboxylic acids is 1.